The number of nitrogens with one attached hydrogen (secondary N) is 1. The van der Waals surface area contributed by atoms with Gasteiger partial charge >= 0.3 is 0 Å². The van der Waals surface area contributed by atoms with Gasteiger partial charge in [0.25, 0.3) is 11.8 Å². The molecule has 7 heteroatoms. The Morgan fingerprint density at radius 3 is 2.56 bits per heavy atom. The molecule has 0 spiro atoms. The minimum Gasteiger partial charge on any atom is -0.414 e. The Kier molecular flexibility index (Phi) is 5.05. The number of carbonyl (C=O) groups is 1. The van der Waals surface area contributed by atoms with Crippen LogP contribution in [-0.4, -0.2) is 42.2 Å². The van der Waals surface area contributed by atoms with E-state index in [1.807, 2.05) is 41.8 Å². The molecule has 0 saturated carbocycles. The van der Waals surface area contributed by atoms with Crippen molar-refractivity contribution in [2.75, 3.05) is 31.1 Å². The molecule has 0 radical (unpaired) electrons. The van der Waals surface area contributed by atoms with Crippen LogP contribution in [0.5, 0.6) is 0 Å². The van der Waals surface area contributed by atoms with Gasteiger partial charge in [0, 0.05) is 11.3 Å². The molecule has 140 valence electrons. The van der Waals surface area contributed by atoms with E-state index in [1.165, 1.54) is 10.6 Å². The molecule has 0 bridgehead atoms. The van der Waals surface area contributed by atoms with E-state index in [2.05, 4.69) is 22.0 Å². The normalized spacial score (nSPS) is 16.4. The Labute approximate surface area is 162 Å². The number of aromatic nitrogens is 2. The van der Waals surface area contributed by atoms with Gasteiger partial charge in [0.15, 0.2) is 11.8 Å². The Bertz CT molecular complexity index is 896. The summed E-state index contributed by atoms with van der Waals surface area (Å²) in [5, 5.41) is 10.5. The van der Waals surface area contributed by atoms with Crippen molar-refractivity contribution >= 4 is 22.8 Å². The molecule has 1 saturated heterocycles. The van der Waals surface area contributed by atoms with Crippen molar-refractivity contribution < 1.29 is 14.1 Å². The van der Waals surface area contributed by atoms with Crippen molar-refractivity contribution in [2.24, 2.45) is 0 Å². The number of nitrogens with zero attached hydrogens (tertiary/aromatic N) is 3. The molecule has 27 heavy (non-hydrogen) atoms. The highest BCUT2D eigenvalue weighted by molar-refractivity contribution is 7.13. The van der Waals surface area contributed by atoms with E-state index in [0.29, 0.717) is 11.8 Å². The number of Topliss-reactive ketones (excluding diaryl/α,β-unsaturated/α-hetero) is 1. The lowest BCUT2D eigenvalue weighted by atomic mass is 10.1. The molecule has 1 aromatic carbocycles. The van der Waals surface area contributed by atoms with E-state index in [1.54, 1.807) is 18.3 Å². The predicted octanol–water partition coefficient (Wildman–Crippen LogP) is 2.47. The van der Waals surface area contributed by atoms with Gasteiger partial charge in [0.1, 0.15) is 0 Å². The number of quaternary nitrogens is 1. The largest absolute Gasteiger partial charge is 0.414 e. The molecule has 3 heterocycles. The van der Waals surface area contributed by atoms with Gasteiger partial charge in [-0.15, -0.1) is 21.5 Å². The van der Waals surface area contributed by atoms with Gasteiger partial charge < -0.3 is 14.2 Å². The average molecular weight is 383 g/mol. The van der Waals surface area contributed by atoms with Crippen molar-refractivity contribution in [1.82, 2.24) is 10.2 Å². The summed E-state index contributed by atoms with van der Waals surface area (Å²) in [5.74, 6) is 1.41. The zero-order chi connectivity index (χ0) is 18.8. The number of carbonyl (C=O) groups excluding carboxylic acids is 1. The summed E-state index contributed by atoms with van der Waals surface area (Å²) in [6.07, 6.45) is 0. The quantitative estimate of drug-likeness (QED) is 0.686. The van der Waals surface area contributed by atoms with Gasteiger partial charge in [0.2, 0.25) is 0 Å². The fourth-order valence-corrected chi connectivity index (χ4v) is 4.12. The highest BCUT2D eigenvalue weighted by Gasteiger charge is 2.29. The molecule has 0 aliphatic carbocycles. The van der Waals surface area contributed by atoms with E-state index in [0.717, 1.165) is 36.6 Å². The van der Waals surface area contributed by atoms with E-state index >= 15 is 0 Å². The summed E-state index contributed by atoms with van der Waals surface area (Å²) in [6.45, 7) is 7.69. The van der Waals surface area contributed by atoms with Gasteiger partial charge in [-0.25, -0.2) is 0 Å². The number of ketones is 1. The third-order valence-corrected chi connectivity index (χ3v) is 6.06. The summed E-state index contributed by atoms with van der Waals surface area (Å²) in [5.41, 5.74) is 1.93. The van der Waals surface area contributed by atoms with Crippen molar-refractivity contribution in [3.05, 3.63) is 53.2 Å². The fraction of sp³-hybridized carbons (Fsp3) is 0.350. The smallest absolute Gasteiger partial charge is 0.274 e. The van der Waals surface area contributed by atoms with Crippen LogP contribution in [-0.2, 0) is 0 Å². The molecule has 1 fully saturated rings. The second-order valence-electron chi connectivity index (χ2n) is 6.89. The van der Waals surface area contributed by atoms with Gasteiger partial charge in [-0.05, 0) is 49.6 Å². The van der Waals surface area contributed by atoms with Gasteiger partial charge in [0.05, 0.1) is 31.1 Å². The molecule has 1 N–H and O–H groups in total. The zero-order valence-electron chi connectivity index (χ0n) is 15.5. The topological polar surface area (TPSA) is 63.7 Å². The first kappa shape index (κ1) is 17.9. The molecule has 3 aromatic rings. The second-order valence-corrected chi connectivity index (χ2v) is 7.84. The molecule has 0 amide bonds. The summed E-state index contributed by atoms with van der Waals surface area (Å²) in [4.78, 5) is 16.3. The standard InChI is InChI=1S/C20H22N4O2S/c1-14(19-21-22-20(26-19)18-4-3-13-27-18)23-9-11-24(12-10-23)17-7-5-16(6-8-17)15(2)25/h3-8,13-14H,9-12H2,1-2H3/p+1/t14-/m1/s1. The molecule has 0 unspecified atom stereocenters. The van der Waals surface area contributed by atoms with Crippen molar-refractivity contribution in [1.29, 1.82) is 0 Å². The van der Waals surface area contributed by atoms with Crippen LogP contribution in [0.15, 0.2) is 46.2 Å². The Hall–Kier alpha value is -2.51. The van der Waals surface area contributed by atoms with Crippen LogP contribution < -0.4 is 9.80 Å². The fourth-order valence-electron chi connectivity index (χ4n) is 3.48. The maximum atomic E-state index is 11.4. The highest BCUT2D eigenvalue weighted by Crippen LogP contribution is 2.24. The predicted molar refractivity (Wildman–Crippen MR) is 105 cm³/mol. The van der Waals surface area contributed by atoms with Crippen LogP contribution in [0.1, 0.15) is 36.1 Å². The first-order chi connectivity index (χ1) is 13.1. The Morgan fingerprint density at radius 1 is 1.19 bits per heavy atom. The first-order valence-corrected chi connectivity index (χ1v) is 10.1. The van der Waals surface area contributed by atoms with Crippen molar-refractivity contribution in [3.63, 3.8) is 0 Å². The molecule has 2 aromatic heterocycles. The molecule has 1 aliphatic heterocycles. The molecular formula is C20H23N4O2S+. The van der Waals surface area contributed by atoms with Crippen LogP contribution in [0.25, 0.3) is 10.8 Å². The van der Waals surface area contributed by atoms with E-state index in [4.69, 9.17) is 4.42 Å². The van der Waals surface area contributed by atoms with Crippen LogP contribution in [0.3, 0.4) is 0 Å². The Morgan fingerprint density at radius 2 is 1.93 bits per heavy atom. The summed E-state index contributed by atoms with van der Waals surface area (Å²) in [7, 11) is 0. The second kappa shape index (κ2) is 7.62. The van der Waals surface area contributed by atoms with E-state index in [-0.39, 0.29) is 11.8 Å². The monoisotopic (exact) mass is 383 g/mol. The molecule has 6 nitrogen and oxygen atoms in total. The average Bonchev–Trinajstić information content (AvgIpc) is 3.39. The zero-order valence-corrected chi connectivity index (χ0v) is 16.3. The summed E-state index contributed by atoms with van der Waals surface area (Å²) in [6, 6.07) is 12.0. The van der Waals surface area contributed by atoms with Crippen LogP contribution in [0.4, 0.5) is 5.69 Å². The van der Waals surface area contributed by atoms with Crippen LogP contribution in [0.2, 0.25) is 0 Å². The third kappa shape index (κ3) is 3.79. The van der Waals surface area contributed by atoms with Crippen LogP contribution in [0, 0.1) is 0 Å². The van der Waals surface area contributed by atoms with E-state index in [9.17, 15) is 4.79 Å². The number of rotatable bonds is 5. The lowest BCUT2D eigenvalue weighted by Gasteiger charge is -2.35. The molecular weight excluding hydrogens is 360 g/mol. The lowest BCUT2D eigenvalue weighted by molar-refractivity contribution is -0.931. The SMILES string of the molecule is CC(=O)c1ccc(N2CC[NH+]([C@H](C)c3nnc(-c4cccs4)o3)CC2)cc1. The molecule has 1 aliphatic rings. The third-order valence-electron chi connectivity index (χ3n) is 5.20. The maximum absolute atomic E-state index is 11.4. The number of benzene rings is 1. The summed E-state index contributed by atoms with van der Waals surface area (Å²) < 4.78 is 5.91. The number of piperazine rings is 1. The van der Waals surface area contributed by atoms with Crippen molar-refractivity contribution in [2.45, 2.75) is 19.9 Å². The number of anilines is 1. The highest BCUT2D eigenvalue weighted by atomic mass is 32.1. The van der Waals surface area contributed by atoms with Gasteiger partial charge in [-0.2, -0.15) is 0 Å². The number of hydrogen-bond donors (Lipinski definition) is 1. The number of hydrogen-bond acceptors (Lipinski definition) is 6. The van der Waals surface area contributed by atoms with Crippen molar-refractivity contribution in [3.8, 4) is 10.8 Å². The van der Waals surface area contributed by atoms with Gasteiger partial charge in [-0.3, -0.25) is 4.79 Å². The maximum Gasteiger partial charge on any atom is 0.274 e. The van der Waals surface area contributed by atoms with Crippen LogP contribution >= 0.6 is 11.3 Å². The Balaban J connectivity index is 1.38. The minimum absolute atomic E-state index is 0.103. The number of thiophene rings is 1. The minimum atomic E-state index is 0.103. The summed E-state index contributed by atoms with van der Waals surface area (Å²) >= 11 is 1.61. The first-order valence-electron chi connectivity index (χ1n) is 9.19. The molecule has 1 atom stereocenters. The lowest BCUT2D eigenvalue weighted by Crippen LogP contribution is -3.14. The van der Waals surface area contributed by atoms with E-state index < -0.39 is 0 Å². The van der Waals surface area contributed by atoms with Gasteiger partial charge in [-0.1, -0.05) is 6.07 Å². The molecule has 4 rings (SSSR count).